The minimum absolute atomic E-state index is 0.114. The second-order valence-corrected chi connectivity index (χ2v) is 8.59. The number of nitrogens with one attached hydrogen (secondary N) is 1. The summed E-state index contributed by atoms with van der Waals surface area (Å²) in [4.78, 5) is 27.7. The van der Waals surface area contributed by atoms with Crippen LogP contribution in [0.1, 0.15) is 43.4 Å². The number of rotatable bonds is 7. The average molecular weight is 395 g/mol. The Morgan fingerprint density at radius 2 is 1.86 bits per heavy atom. The zero-order valence-corrected chi connectivity index (χ0v) is 17.1. The minimum Gasteiger partial charge on any atom is -0.353 e. The fourth-order valence-electron chi connectivity index (χ4n) is 4.63. The molecule has 1 N–H and O–H groups in total. The monoisotopic (exact) mass is 394 g/mol. The maximum atomic E-state index is 13.2. The molecule has 0 spiro atoms. The van der Waals surface area contributed by atoms with E-state index in [-0.39, 0.29) is 11.8 Å². The van der Waals surface area contributed by atoms with Crippen LogP contribution in [0.3, 0.4) is 0 Å². The molecule has 2 fully saturated rings. The molecule has 1 aliphatic heterocycles. The molecular weight excluding hydrogens is 364 g/mol. The zero-order chi connectivity index (χ0) is 20.3. The molecule has 2 heterocycles. The summed E-state index contributed by atoms with van der Waals surface area (Å²) in [5.41, 5.74) is 1.69. The van der Waals surface area contributed by atoms with Gasteiger partial charge in [0.25, 0.3) is 0 Å². The Balaban J connectivity index is 1.40. The van der Waals surface area contributed by atoms with E-state index in [2.05, 4.69) is 22.5 Å². The second-order valence-electron chi connectivity index (χ2n) is 8.59. The summed E-state index contributed by atoms with van der Waals surface area (Å²) in [6.07, 6.45) is 8.07. The molecule has 0 atom stereocenters. The molecule has 2 aliphatic rings. The van der Waals surface area contributed by atoms with Crippen molar-refractivity contribution in [1.82, 2.24) is 20.0 Å². The van der Waals surface area contributed by atoms with Gasteiger partial charge >= 0.3 is 0 Å². The standard InChI is InChI=1S/C23H30N4O2/c1-26-20(13-14-24-26)11-12-21(28)27-16-23(17-27,15-18-7-3-2-4-8-18)22(29)25-19-9-5-6-10-19/h2-4,7-8,13-14,19H,5-6,9-12,15-17H2,1H3,(H,25,29). The summed E-state index contributed by atoms with van der Waals surface area (Å²) >= 11 is 0. The first kappa shape index (κ1) is 19.7. The smallest absolute Gasteiger partial charge is 0.230 e. The van der Waals surface area contributed by atoms with Gasteiger partial charge < -0.3 is 10.2 Å². The van der Waals surface area contributed by atoms with Crippen molar-refractivity contribution in [1.29, 1.82) is 0 Å². The highest BCUT2D eigenvalue weighted by atomic mass is 16.2. The van der Waals surface area contributed by atoms with Crippen molar-refractivity contribution in [2.24, 2.45) is 12.5 Å². The van der Waals surface area contributed by atoms with E-state index in [4.69, 9.17) is 0 Å². The number of amides is 2. The van der Waals surface area contributed by atoms with Crippen molar-refractivity contribution in [2.45, 2.75) is 51.0 Å². The summed E-state index contributed by atoms with van der Waals surface area (Å²) in [5, 5.41) is 7.43. The third-order valence-electron chi connectivity index (χ3n) is 6.41. The number of carbonyl (C=O) groups is 2. The van der Waals surface area contributed by atoms with Crippen LogP contribution >= 0.6 is 0 Å². The SMILES string of the molecule is Cn1nccc1CCC(=O)N1CC(Cc2ccccc2)(C(=O)NC2CCCC2)C1. The molecule has 1 aromatic heterocycles. The number of carbonyl (C=O) groups excluding carboxylic acids is 2. The van der Waals surface area contributed by atoms with Gasteiger partial charge in [0, 0.05) is 44.5 Å². The molecule has 154 valence electrons. The normalized spacial score (nSPS) is 18.4. The van der Waals surface area contributed by atoms with Crippen molar-refractivity contribution in [3.63, 3.8) is 0 Å². The number of benzene rings is 1. The van der Waals surface area contributed by atoms with Gasteiger partial charge in [-0.25, -0.2) is 0 Å². The molecule has 0 bridgehead atoms. The topological polar surface area (TPSA) is 67.2 Å². The van der Waals surface area contributed by atoms with Crippen LogP contribution in [-0.2, 0) is 29.5 Å². The summed E-state index contributed by atoms with van der Waals surface area (Å²) < 4.78 is 1.80. The molecule has 6 heteroatoms. The van der Waals surface area contributed by atoms with E-state index in [1.165, 1.54) is 12.8 Å². The summed E-state index contributed by atoms with van der Waals surface area (Å²) in [6, 6.07) is 12.4. The van der Waals surface area contributed by atoms with Crippen LogP contribution in [0.5, 0.6) is 0 Å². The van der Waals surface area contributed by atoms with E-state index in [1.54, 1.807) is 10.9 Å². The Kier molecular flexibility index (Phi) is 5.69. The first-order valence-corrected chi connectivity index (χ1v) is 10.7. The van der Waals surface area contributed by atoms with E-state index >= 15 is 0 Å². The quantitative estimate of drug-likeness (QED) is 0.785. The van der Waals surface area contributed by atoms with Crippen LogP contribution in [0.15, 0.2) is 42.6 Å². The molecule has 2 aromatic rings. The molecule has 29 heavy (non-hydrogen) atoms. The molecule has 0 unspecified atom stereocenters. The third kappa shape index (κ3) is 4.36. The highest BCUT2D eigenvalue weighted by Gasteiger charge is 2.51. The van der Waals surface area contributed by atoms with Gasteiger partial charge in [-0.3, -0.25) is 14.3 Å². The van der Waals surface area contributed by atoms with E-state index in [9.17, 15) is 9.59 Å². The van der Waals surface area contributed by atoms with Crippen molar-refractivity contribution < 1.29 is 9.59 Å². The summed E-state index contributed by atoms with van der Waals surface area (Å²) in [6.45, 7) is 1.01. The fourth-order valence-corrected chi connectivity index (χ4v) is 4.63. The van der Waals surface area contributed by atoms with Crippen molar-refractivity contribution in [3.8, 4) is 0 Å². The molecule has 1 saturated heterocycles. The number of hydrogen-bond donors (Lipinski definition) is 1. The number of aromatic nitrogens is 2. The van der Waals surface area contributed by atoms with Crippen LogP contribution in [0.2, 0.25) is 0 Å². The molecular formula is C23H30N4O2. The van der Waals surface area contributed by atoms with E-state index in [1.807, 2.05) is 36.2 Å². The minimum atomic E-state index is -0.508. The lowest BCUT2D eigenvalue weighted by atomic mass is 9.73. The van der Waals surface area contributed by atoms with Gasteiger partial charge in [-0.1, -0.05) is 43.2 Å². The third-order valence-corrected chi connectivity index (χ3v) is 6.41. The van der Waals surface area contributed by atoms with E-state index in [0.29, 0.717) is 38.4 Å². The Hall–Kier alpha value is -2.63. The second kappa shape index (κ2) is 8.39. The van der Waals surface area contributed by atoms with Crippen molar-refractivity contribution in [3.05, 3.63) is 53.9 Å². The summed E-state index contributed by atoms with van der Waals surface area (Å²) in [7, 11) is 1.89. The van der Waals surface area contributed by atoms with Crippen LogP contribution in [0.25, 0.3) is 0 Å². The molecule has 6 nitrogen and oxygen atoms in total. The average Bonchev–Trinajstić information content (AvgIpc) is 3.34. The van der Waals surface area contributed by atoms with Crippen LogP contribution in [0.4, 0.5) is 0 Å². The van der Waals surface area contributed by atoms with Gasteiger partial charge in [0.05, 0.1) is 5.41 Å². The largest absolute Gasteiger partial charge is 0.353 e. The van der Waals surface area contributed by atoms with Crippen LogP contribution in [-0.4, -0.2) is 45.6 Å². The lowest BCUT2D eigenvalue weighted by Gasteiger charge is -2.49. The number of nitrogens with zero attached hydrogens (tertiary/aromatic N) is 3. The molecule has 1 aliphatic carbocycles. The Morgan fingerprint density at radius 1 is 1.14 bits per heavy atom. The highest BCUT2D eigenvalue weighted by molar-refractivity contribution is 5.88. The fraction of sp³-hybridized carbons (Fsp3) is 0.522. The Morgan fingerprint density at radius 3 is 2.52 bits per heavy atom. The highest BCUT2D eigenvalue weighted by Crippen LogP contribution is 2.36. The first-order chi connectivity index (χ1) is 14.1. The molecule has 4 rings (SSSR count). The number of aryl methyl sites for hydroxylation is 2. The first-order valence-electron chi connectivity index (χ1n) is 10.7. The van der Waals surface area contributed by atoms with Gasteiger partial charge in [0.2, 0.25) is 11.8 Å². The van der Waals surface area contributed by atoms with Gasteiger partial charge in [0.15, 0.2) is 0 Å². The van der Waals surface area contributed by atoms with Crippen molar-refractivity contribution in [2.75, 3.05) is 13.1 Å². The maximum absolute atomic E-state index is 13.2. The Labute approximate surface area is 172 Å². The van der Waals surface area contributed by atoms with E-state index in [0.717, 1.165) is 24.1 Å². The van der Waals surface area contributed by atoms with Gasteiger partial charge in [-0.05, 0) is 37.3 Å². The number of hydrogen-bond acceptors (Lipinski definition) is 3. The lowest BCUT2D eigenvalue weighted by molar-refractivity contribution is -0.154. The molecule has 2 amide bonds. The molecule has 0 radical (unpaired) electrons. The predicted molar refractivity (Wildman–Crippen MR) is 111 cm³/mol. The van der Waals surface area contributed by atoms with Gasteiger partial charge in [0.1, 0.15) is 0 Å². The maximum Gasteiger partial charge on any atom is 0.230 e. The van der Waals surface area contributed by atoms with Crippen LogP contribution in [0, 0.1) is 5.41 Å². The molecule has 1 saturated carbocycles. The summed E-state index contributed by atoms with van der Waals surface area (Å²) in [5.74, 6) is 0.229. The predicted octanol–water partition coefficient (Wildman–Crippen LogP) is 2.48. The molecule has 1 aromatic carbocycles. The number of likely N-dealkylation sites (tertiary alicyclic amines) is 1. The van der Waals surface area contributed by atoms with E-state index < -0.39 is 5.41 Å². The Bertz CT molecular complexity index is 849. The zero-order valence-electron chi connectivity index (χ0n) is 17.1. The lowest BCUT2D eigenvalue weighted by Crippen LogP contribution is -2.66. The van der Waals surface area contributed by atoms with Crippen molar-refractivity contribution >= 4 is 11.8 Å². The van der Waals surface area contributed by atoms with Crippen LogP contribution < -0.4 is 5.32 Å². The van der Waals surface area contributed by atoms with Gasteiger partial charge in [-0.2, -0.15) is 5.10 Å². The van der Waals surface area contributed by atoms with Gasteiger partial charge in [-0.15, -0.1) is 0 Å².